The van der Waals surface area contributed by atoms with Gasteiger partial charge in [-0.3, -0.25) is 0 Å². The molecular weight excluding hydrogens is 125 g/mol. The van der Waals surface area contributed by atoms with Crippen molar-refractivity contribution in [2.24, 2.45) is 0 Å². The van der Waals surface area contributed by atoms with Crippen molar-refractivity contribution in [1.82, 2.24) is 0 Å². The van der Waals surface area contributed by atoms with E-state index in [1.165, 1.54) is 0 Å². The maximum atomic E-state index is 8.42. The fraction of sp³-hybridized carbons (Fsp3) is 1.00. The van der Waals surface area contributed by atoms with Gasteiger partial charge in [-0.05, 0) is 0 Å². The monoisotopic (exact) mass is 142 g/mol. The predicted octanol–water partition coefficient (Wildman–Crippen LogP) is -2.81. The average molecular weight is 142 g/mol. The molecule has 0 aromatic rings. The molecule has 0 saturated carbocycles. The number of hydrogen-bond acceptors (Lipinski definition) is 1. The number of nitrogens with zero attached hydrogens (tertiary/aromatic N) is 1. The van der Waals surface area contributed by atoms with Crippen molar-refractivity contribution < 1.29 is 40.6 Å². The van der Waals surface area contributed by atoms with Gasteiger partial charge in [0.1, 0.15) is 0 Å². The van der Waals surface area contributed by atoms with E-state index in [9.17, 15) is 0 Å². The third-order valence-electron chi connectivity index (χ3n) is 0.987. The molecule has 0 radical (unpaired) electrons. The van der Waals surface area contributed by atoms with Gasteiger partial charge in [0.15, 0.2) is 0 Å². The topological polar surface area (TPSA) is 20.2 Å². The van der Waals surface area contributed by atoms with E-state index in [4.69, 9.17) is 5.11 Å². The largest absolute Gasteiger partial charge is 1.00 e. The van der Waals surface area contributed by atoms with Crippen LogP contribution < -0.4 is 29.6 Å². The summed E-state index contributed by atoms with van der Waals surface area (Å²) in [5.74, 6) is 0. The standard InChI is InChI=1S/C6H16NO.Na.H/c1-7(2,3)5-4-6-8;;/h8H,4-6H2,1-3H3;;/q2*+1;-1. The van der Waals surface area contributed by atoms with Gasteiger partial charge in [0.2, 0.25) is 0 Å². The summed E-state index contributed by atoms with van der Waals surface area (Å²) in [6.07, 6.45) is 0.906. The van der Waals surface area contributed by atoms with Crippen molar-refractivity contribution in [3.8, 4) is 0 Å². The average Bonchev–Trinajstić information content (AvgIpc) is 1.59. The Morgan fingerprint density at radius 2 is 1.78 bits per heavy atom. The van der Waals surface area contributed by atoms with Crippen LogP contribution in [0.3, 0.4) is 0 Å². The molecule has 0 aliphatic heterocycles. The molecule has 0 saturated heterocycles. The molecular formula is C6H17NNaO+. The zero-order valence-corrected chi connectivity index (χ0v) is 9.02. The summed E-state index contributed by atoms with van der Waals surface area (Å²) in [6.45, 7) is 1.37. The summed E-state index contributed by atoms with van der Waals surface area (Å²) >= 11 is 0. The Morgan fingerprint density at radius 3 is 1.89 bits per heavy atom. The quantitative estimate of drug-likeness (QED) is 0.333. The fourth-order valence-corrected chi connectivity index (χ4v) is 0.545. The van der Waals surface area contributed by atoms with E-state index in [2.05, 4.69) is 21.1 Å². The Hall–Kier alpha value is 0.920. The molecule has 0 aliphatic carbocycles. The Labute approximate surface area is 81.2 Å². The fourth-order valence-electron chi connectivity index (χ4n) is 0.545. The van der Waals surface area contributed by atoms with Gasteiger partial charge in [0.05, 0.1) is 27.7 Å². The summed E-state index contributed by atoms with van der Waals surface area (Å²) in [4.78, 5) is 0. The van der Waals surface area contributed by atoms with Crippen LogP contribution in [-0.4, -0.2) is 43.9 Å². The molecule has 2 nitrogen and oxygen atoms in total. The molecule has 0 unspecified atom stereocenters. The molecule has 0 aromatic carbocycles. The first-order chi connectivity index (χ1) is 3.56. The van der Waals surface area contributed by atoms with Gasteiger partial charge < -0.3 is 11.0 Å². The number of hydrogen-bond donors (Lipinski definition) is 1. The molecule has 0 heterocycles. The second-order valence-corrected chi connectivity index (χ2v) is 3.09. The molecule has 0 atom stereocenters. The molecule has 0 aliphatic rings. The smallest absolute Gasteiger partial charge is 1.00 e. The first-order valence-electron chi connectivity index (χ1n) is 2.97. The Balaban J connectivity index is -0.000000245. The Bertz CT molecular complexity index is 65.3. The minimum Gasteiger partial charge on any atom is -1.00 e. The zero-order chi connectivity index (χ0) is 6.62. The Kier molecular flexibility index (Phi) is 7.95. The van der Waals surface area contributed by atoms with E-state index in [0.717, 1.165) is 17.4 Å². The molecule has 0 bridgehead atoms. The van der Waals surface area contributed by atoms with Crippen LogP contribution in [-0.2, 0) is 0 Å². The maximum absolute atomic E-state index is 8.42. The maximum Gasteiger partial charge on any atom is 1.00 e. The van der Waals surface area contributed by atoms with Crippen LogP contribution in [0.4, 0.5) is 0 Å². The summed E-state index contributed by atoms with van der Waals surface area (Å²) in [6, 6.07) is 0. The molecule has 52 valence electrons. The molecule has 0 spiro atoms. The first kappa shape index (κ1) is 12.6. The number of aliphatic hydroxyl groups excluding tert-OH is 1. The van der Waals surface area contributed by atoms with E-state index in [1.54, 1.807) is 0 Å². The van der Waals surface area contributed by atoms with Crippen molar-refractivity contribution in [2.45, 2.75) is 6.42 Å². The van der Waals surface area contributed by atoms with Gasteiger partial charge >= 0.3 is 29.6 Å². The van der Waals surface area contributed by atoms with Gasteiger partial charge in [0.25, 0.3) is 0 Å². The second-order valence-electron chi connectivity index (χ2n) is 3.09. The van der Waals surface area contributed by atoms with Crippen LogP contribution >= 0.6 is 0 Å². The van der Waals surface area contributed by atoms with Gasteiger partial charge in [-0.1, -0.05) is 0 Å². The van der Waals surface area contributed by atoms with Crippen LogP contribution in [0.5, 0.6) is 0 Å². The number of quaternary nitrogens is 1. The third kappa shape index (κ3) is 12.2. The molecule has 1 N–H and O–H groups in total. The van der Waals surface area contributed by atoms with E-state index in [1.807, 2.05) is 0 Å². The van der Waals surface area contributed by atoms with Crippen molar-refractivity contribution in [3.05, 3.63) is 0 Å². The van der Waals surface area contributed by atoms with Crippen LogP contribution in [0, 0.1) is 0 Å². The van der Waals surface area contributed by atoms with Crippen molar-refractivity contribution >= 4 is 0 Å². The van der Waals surface area contributed by atoms with Crippen LogP contribution in [0.25, 0.3) is 0 Å². The summed E-state index contributed by atoms with van der Waals surface area (Å²) in [5, 5.41) is 8.42. The summed E-state index contributed by atoms with van der Waals surface area (Å²) in [7, 11) is 6.36. The van der Waals surface area contributed by atoms with E-state index in [0.29, 0.717) is 6.61 Å². The molecule has 0 rings (SSSR count). The summed E-state index contributed by atoms with van der Waals surface area (Å²) in [5.41, 5.74) is 0. The van der Waals surface area contributed by atoms with E-state index < -0.39 is 0 Å². The molecule has 0 aromatic heterocycles. The summed E-state index contributed by atoms with van der Waals surface area (Å²) < 4.78 is 0.945. The zero-order valence-electron chi connectivity index (χ0n) is 8.02. The van der Waals surface area contributed by atoms with E-state index >= 15 is 0 Å². The first-order valence-corrected chi connectivity index (χ1v) is 2.97. The van der Waals surface area contributed by atoms with E-state index in [-0.39, 0.29) is 31.0 Å². The van der Waals surface area contributed by atoms with Crippen molar-refractivity contribution in [3.63, 3.8) is 0 Å². The number of aliphatic hydroxyl groups is 1. The van der Waals surface area contributed by atoms with Crippen LogP contribution in [0.1, 0.15) is 7.85 Å². The van der Waals surface area contributed by atoms with Gasteiger partial charge in [-0.25, -0.2) is 0 Å². The van der Waals surface area contributed by atoms with Crippen molar-refractivity contribution in [2.75, 3.05) is 34.3 Å². The van der Waals surface area contributed by atoms with Crippen molar-refractivity contribution in [1.29, 1.82) is 0 Å². The van der Waals surface area contributed by atoms with Gasteiger partial charge in [-0.15, -0.1) is 0 Å². The second kappa shape index (κ2) is 5.69. The van der Waals surface area contributed by atoms with Crippen LogP contribution in [0.2, 0.25) is 0 Å². The minimum absolute atomic E-state index is 0. The van der Waals surface area contributed by atoms with Gasteiger partial charge in [0, 0.05) is 13.0 Å². The molecule has 0 amide bonds. The minimum atomic E-state index is 0. The molecule has 9 heavy (non-hydrogen) atoms. The normalized spacial score (nSPS) is 10.7. The molecule has 3 heteroatoms. The SMILES string of the molecule is C[N+](C)(C)CCCO.[H-].[Na+]. The van der Waals surface area contributed by atoms with Gasteiger partial charge in [-0.2, -0.15) is 0 Å². The number of rotatable bonds is 3. The Morgan fingerprint density at radius 1 is 1.33 bits per heavy atom. The van der Waals surface area contributed by atoms with Crippen LogP contribution in [0.15, 0.2) is 0 Å². The third-order valence-corrected chi connectivity index (χ3v) is 0.987. The molecule has 0 fully saturated rings. The predicted molar refractivity (Wildman–Crippen MR) is 35.7 cm³/mol.